The molecule has 0 saturated carbocycles. The van der Waals surface area contributed by atoms with E-state index < -0.39 is 17.3 Å². The van der Waals surface area contributed by atoms with Gasteiger partial charge >= 0.3 is 0 Å². The molecule has 0 aliphatic carbocycles. The Morgan fingerprint density at radius 2 is 2.00 bits per heavy atom. The Balaban J connectivity index is 1.78. The van der Waals surface area contributed by atoms with Crippen LogP contribution in [0.1, 0.15) is 27.9 Å². The number of hydrogen-bond donors (Lipinski definition) is 1. The third kappa shape index (κ3) is 2.87. The van der Waals surface area contributed by atoms with E-state index in [4.69, 9.17) is 0 Å². The summed E-state index contributed by atoms with van der Waals surface area (Å²) in [7, 11) is 0. The van der Waals surface area contributed by atoms with Gasteiger partial charge in [-0.3, -0.25) is 14.6 Å². The van der Waals surface area contributed by atoms with E-state index in [9.17, 15) is 14.7 Å². The second kappa shape index (κ2) is 5.93. The molecule has 5 nitrogen and oxygen atoms in total. The van der Waals surface area contributed by atoms with Crippen LogP contribution in [0.2, 0.25) is 0 Å². The largest absolute Gasteiger partial charge is 0.383 e. The minimum Gasteiger partial charge on any atom is -0.383 e. The SMILES string of the molecule is Cc1ccccc1C1(O)CCN(C(=O)C(=O)c2cccnc2)C1. The summed E-state index contributed by atoms with van der Waals surface area (Å²) in [5.74, 6) is -1.19. The van der Waals surface area contributed by atoms with Crippen molar-refractivity contribution >= 4 is 11.7 Å². The molecule has 1 amide bonds. The molecule has 1 aromatic carbocycles. The number of aromatic nitrogens is 1. The first kappa shape index (κ1) is 15.4. The maximum atomic E-state index is 12.4. The van der Waals surface area contributed by atoms with Crippen LogP contribution in [-0.4, -0.2) is 39.8 Å². The Bertz CT molecular complexity index is 745. The van der Waals surface area contributed by atoms with Crippen molar-refractivity contribution in [3.63, 3.8) is 0 Å². The molecule has 0 spiro atoms. The summed E-state index contributed by atoms with van der Waals surface area (Å²) in [5, 5.41) is 10.9. The van der Waals surface area contributed by atoms with E-state index in [0.29, 0.717) is 13.0 Å². The zero-order chi connectivity index (χ0) is 16.4. The van der Waals surface area contributed by atoms with Crippen molar-refractivity contribution in [3.05, 3.63) is 65.5 Å². The molecule has 118 valence electrons. The summed E-state index contributed by atoms with van der Waals surface area (Å²) in [6, 6.07) is 10.8. The van der Waals surface area contributed by atoms with E-state index in [1.807, 2.05) is 31.2 Å². The molecule has 1 aliphatic heterocycles. The number of benzene rings is 1. The van der Waals surface area contributed by atoms with Gasteiger partial charge in [0.15, 0.2) is 0 Å². The highest BCUT2D eigenvalue weighted by molar-refractivity contribution is 6.42. The maximum absolute atomic E-state index is 12.4. The first-order valence-corrected chi connectivity index (χ1v) is 7.53. The Morgan fingerprint density at radius 3 is 2.70 bits per heavy atom. The summed E-state index contributed by atoms with van der Waals surface area (Å²) < 4.78 is 0. The van der Waals surface area contributed by atoms with Crippen molar-refractivity contribution in [3.8, 4) is 0 Å². The average Bonchev–Trinajstić information content (AvgIpc) is 2.98. The zero-order valence-electron chi connectivity index (χ0n) is 12.9. The normalized spacial score (nSPS) is 20.5. The summed E-state index contributed by atoms with van der Waals surface area (Å²) in [4.78, 5) is 29.9. The molecule has 1 aromatic heterocycles. The lowest BCUT2D eigenvalue weighted by molar-refractivity contribution is -0.126. The van der Waals surface area contributed by atoms with Crippen LogP contribution in [0.3, 0.4) is 0 Å². The fraction of sp³-hybridized carbons (Fsp3) is 0.278. The summed E-state index contributed by atoms with van der Waals surface area (Å²) in [6.45, 7) is 2.41. The number of likely N-dealkylation sites (tertiary alicyclic amines) is 1. The number of aliphatic hydroxyl groups is 1. The molecule has 23 heavy (non-hydrogen) atoms. The van der Waals surface area contributed by atoms with Crippen LogP contribution >= 0.6 is 0 Å². The smallest absolute Gasteiger partial charge is 0.295 e. The first-order valence-electron chi connectivity index (χ1n) is 7.53. The van der Waals surface area contributed by atoms with Gasteiger partial charge in [-0.05, 0) is 36.6 Å². The second-order valence-electron chi connectivity index (χ2n) is 5.89. The van der Waals surface area contributed by atoms with Gasteiger partial charge < -0.3 is 10.0 Å². The molecule has 0 bridgehead atoms. The number of β-amino-alcohol motifs (C(OH)–C–C–N with tert-alkyl or cyclic N) is 1. The van der Waals surface area contributed by atoms with Gasteiger partial charge in [-0.1, -0.05) is 24.3 Å². The molecule has 1 atom stereocenters. The number of hydrogen-bond acceptors (Lipinski definition) is 4. The van der Waals surface area contributed by atoms with E-state index >= 15 is 0 Å². The topological polar surface area (TPSA) is 70.5 Å². The number of nitrogens with zero attached hydrogens (tertiary/aromatic N) is 2. The van der Waals surface area contributed by atoms with Crippen molar-refractivity contribution in [1.82, 2.24) is 9.88 Å². The number of aryl methyl sites for hydroxylation is 1. The van der Waals surface area contributed by atoms with Crippen molar-refractivity contribution in [1.29, 1.82) is 0 Å². The Hall–Kier alpha value is -2.53. The lowest BCUT2D eigenvalue weighted by Crippen LogP contribution is -2.38. The molecule has 2 heterocycles. The van der Waals surface area contributed by atoms with Crippen LogP contribution < -0.4 is 0 Å². The molecule has 0 radical (unpaired) electrons. The maximum Gasteiger partial charge on any atom is 0.295 e. The van der Waals surface area contributed by atoms with Crippen LogP contribution in [0.25, 0.3) is 0 Å². The molecule has 1 unspecified atom stereocenters. The van der Waals surface area contributed by atoms with Crippen LogP contribution in [0.5, 0.6) is 0 Å². The van der Waals surface area contributed by atoms with E-state index in [2.05, 4.69) is 4.98 Å². The third-order valence-electron chi connectivity index (χ3n) is 4.30. The number of amides is 1. The molecule has 3 rings (SSSR count). The van der Waals surface area contributed by atoms with E-state index in [1.165, 1.54) is 11.1 Å². The monoisotopic (exact) mass is 310 g/mol. The molecule has 1 aliphatic rings. The van der Waals surface area contributed by atoms with E-state index in [1.54, 1.807) is 18.3 Å². The van der Waals surface area contributed by atoms with Gasteiger partial charge in [-0.25, -0.2) is 0 Å². The summed E-state index contributed by atoms with van der Waals surface area (Å²) >= 11 is 0. The van der Waals surface area contributed by atoms with Gasteiger partial charge in [-0.15, -0.1) is 0 Å². The summed E-state index contributed by atoms with van der Waals surface area (Å²) in [5.41, 5.74) is 0.951. The number of pyridine rings is 1. The van der Waals surface area contributed by atoms with Crippen LogP contribution in [0.15, 0.2) is 48.8 Å². The first-order chi connectivity index (χ1) is 11.0. The summed E-state index contributed by atoms with van der Waals surface area (Å²) in [6.07, 6.45) is 3.35. The van der Waals surface area contributed by atoms with Crippen LogP contribution in [0.4, 0.5) is 0 Å². The van der Waals surface area contributed by atoms with Crippen molar-refractivity contribution in [2.75, 3.05) is 13.1 Å². The van der Waals surface area contributed by atoms with Crippen molar-refractivity contribution in [2.24, 2.45) is 0 Å². The lowest BCUT2D eigenvalue weighted by atomic mass is 9.89. The number of carbonyl (C=O) groups is 2. The van der Waals surface area contributed by atoms with E-state index in [0.717, 1.165) is 11.1 Å². The van der Waals surface area contributed by atoms with Crippen molar-refractivity contribution in [2.45, 2.75) is 18.9 Å². The fourth-order valence-corrected chi connectivity index (χ4v) is 3.05. The molecular formula is C18H18N2O3. The van der Waals surface area contributed by atoms with Crippen LogP contribution in [-0.2, 0) is 10.4 Å². The van der Waals surface area contributed by atoms with E-state index in [-0.39, 0.29) is 12.1 Å². The lowest BCUT2D eigenvalue weighted by Gasteiger charge is -2.25. The van der Waals surface area contributed by atoms with Gasteiger partial charge in [0.25, 0.3) is 11.7 Å². The van der Waals surface area contributed by atoms with Crippen LogP contribution in [0, 0.1) is 6.92 Å². The predicted molar refractivity (Wildman–Crippen MR) is 84.8 cm³/mol. The highest BCUT2D eigenvalue weighted by Crippen LogP contribution is 2.33. The second-order valence-corrected chi connectivity index (χ2v) is 5.89. The van der Waals surface area contributed by atoms with Gasteiger partial charge in [-0.2, -0.15) is 0 Å². The zero-order valence-corrected chi connectivity index (χ0v) is 12.9. The Morgan fingerprint density at radius 1 is 1.22 bits per heavy atom. The predicted octanol–water partition coefficient (Wildman–Crippen LogP) is 1.69. The van der Waals surface area contributed by atoms with Crippen molar-refractivity contribution < 1.29 is 14.7 Å². The fourth-order valence-electron chi connectivity index (χ4n) is 3.05. The quantitative estimate of drug-likeness (QED) is 0.692. The van der Waals surface area contributed by atoms with Gasteiger partial charge in [0.2, 0.25) is 0 Å². The van der Waals surface area contributed by atoms with Gasteiger partial charge in [0.1, 0.15) is 5.60 Å². The number of rotatable bonds is 3. The highest BCUT2D eigenvalue weighted by atomic mass is 16.3. The highest BCUT2D eigenvalue weighted by Gasteiger charge is 2.41. The average molecular weight is 310 g/mol. The van der Waals surface area contributed by atoms with Gasteiger partial charge in [0, 0.05) is 24.5 Å². The molecule has 1 saturated heterocycles. The number of ketones is 1. The number of carbonyl (C=O) groups excluding carboxylic acids is 2. The Kier molecular flexibility index (Phi) is 3.96. The minimum atomic E-state index is -1.10. The molecule has 1 fully saturated rings. The standard InChI is InChI=1S/C18H18N2O3/c1-13-5-2-3-7-15(13)18(23)8-10-20(12-18)17(22)16(21)14-6-4-9-19-11-14/h2-7,9,11,23H,8,10,12H2,1H3. The molecule has 2 aromatic rings. The number of Topliss-reactive ketones (excluding diaryl/α,β-unsaturated/α-hetero) is 1. The molecule has 1 N–H and O–H groups in total. The molecular weight excluding hydrogens is 292 g/mol. The molecule has 5 heteroatoms. The Labute approximate surface area is 134 Å². The third-order valence-corrected chi connectivity index (χ3v) is 4.30. The van der Waals surface area contributed by atoms with Gasteiger partial charge in [0.05, 0.1) is 6.54 Å². The minimum absolute atomic E-state index is 0.128.